The summed E-state index contributed by atoms with van der Waals surface area (Å²) in [6.45, 7) is 5.19. The van der Waals surface area contributed by atoms with Gasteiger partial charge >= 0.3 is 0 Å². The van der Waals surface area contributed by atoms with Crippen molar-refractivity contribution in [2.75, 3.05) is 32.1 Å². The molecule has 2 saturated heterocycles. The third-order valence-corrected chi connectivity index (χ3v) is 5.74. The maximum Gasteiger partial charge on any atom is 0.279 e. The van der Waals surface area contributed by atoms with Gasteiger partial charge in [-0.3, -0.25) is 4.79 Å². The van der Waals surface area contributed by atoms with Crippen molar-refractivity contribution >= 4 is 27.7 Å². The lowest BCUT2D eigenvalue weighted by atomic mass is 9.93. The molecule has 0 radical (unpaired) electrons. The molecule has 104 valence electrons. The highest BCUT2D eigenvalue weighted by Gasteiger charge is 2.43. The lowest BCUT2D eigenvalue weighted by molar-refractivity contribution is -0.141. The lowest BCUT2D eigenvalue weighted by Gasteiger charge is -2.38. The number of halogens is 1. The Hall–Kier alpha value is -0.370. The smallest absolute Gasteiger partial charge is 0.279 e. The van der Waals surface area contributed by atoms with Crippen LogP contribution in [0.15, 0.2) is 0 Å². The van der Waals surface area contributed by atoms with E-state index in [1.807, 2.05) is 0 Å². The molecule has 1 atom stereocenters. The van der Waals surface area contributed by atoms with Gasteiger partial charge in [-0.1, -0.05) is 0 Å². The van der Waals surface area contributed by atoms with E-state index < -0.39 is 15.6 Å². The van der Waals surface area contributed by atoms with Crippen LogP contribution in [-0.2, 0) is 15.0 Å². The van der Waals surface area contributed by atoms with Crippen LogP contribution in [0.1, 0.15) is 13.8 Å². The topological polar surface area (TPSA) is 69.7 Å². The van der Waals surface area contributed by atoms with Gasteiger partial charge in [-0.15, -0.1) is 11.6 Å². The van der Waals surface area contributed by atoms with Gasteiger partial charge in [-0.2, -0.15) is 12.7 Å². The maximum absolute atomic E-state index is 12.3. The van der Waals surface area contributed by atoms with E-state index in [0.29, 0.717) is 26.2 Å². The third kappa shape index (κ3) is 2.36. The van der Waals surface area contributed by atoms with Gasteiger partial charge in [0, 0.05) is 32.1 Å². The molecule has 0 aromatic heterocycles. The fourth-order valence-electron chi connectivity index (χ4n) is 2.28. The SMILES string of the molecule is CC(C)(CCl)C(=O)N1CCN2C(CNS2(=O)=O)C1. The van der Waals surface area contributed by atoms with Crippen molar-refractivity contribution in [3.8, 4) is 0 Å². The number of hydrogen-bond acceptors (Lipinski definition) is 3. The van der Waals surface area contributed by atoms with E-state index in [1.54, 1.807) is 18.7 Å². The Morgan fingerprint density at radius 3 is 2.72 bits per heavy atom. The van der Waals surface area contributed by atoms with E-state index in [4.69, 9.17) is 11.6 Å². The quantitative estimate of drug-likeness (QED) is 0.706. The van der Waals surface area contributed by atoms with Crippen molar-refractivity contribution in [3.05, 3.63) is 0 Å². The summed E-state index contributed by atoms with van der Waals surface area (Å²) in [6.07, 6.45) is 0. The van der Waals surface area contributed by atoms with Crippen molar-refractivity contribution in [2.24, 2.45) is 5.41 Å². The predicted molar refractivity (Wildman–Crippen MR) is 68.5 cm³/mol. The second-order valence-corrected chi connectivity index (χ2v) is 7.36. The van der Waals surface area contributed by atoms with Gasteiger partial charge in [0.05, 0.1) is 11.5 Å². The molecule has 0 spiro atoms. The van der Waals surface area contributed by atoms with E-state index in [2.05, 4.69) is 4.72 Å². The van der Waals surface area contributed by atoms with E-state index in [0.717, 1.165) is 0 Å². The first-order valence-electron chi connectivity index (χ1n) is 5.90. The van der Waals surface area contributed by atoms with Crippen molar-refractivity contribution < 1.29 is 13.2 Å². The Morgan fingerprint density at radius 1 is 1.44 bits per heavy atom. The second kappa shape index (κ2) is 4.63. The number of fused-ring (bicyclic) bond motifs is 1. The number of carbonyl (C=O) groups is 1. The summed E-state index contributed by atoms with van der Waals surface area (Å²) in [7, 11) is -3.32. The molecule has 0 bridgehead atoms. The van der Waals surface area contributed by atoms with Gasteiger partial charge in [0.15, 0.2) is 0 Å². The van der Waals surface area contributed by atoms with Crippen LogP contribution in [0.4, 0.5) is 0 Å². The summed E-state index contributed by atoms with van der Waals surface area (Å²) in [5.41, 5.74) is -0.603. The molecule has 18 heavy (non-hydrogen) atoms. The van der Waals surface area contributed by atoms with Crippen LogP contribution in [0.3, 0.4) is 0 Å². The molecule has 2 fully saturated rings. The minimum atomic E-state index is -3.32. The van der Waals surface area contributed by atoms with E-state index in [-0.39, 0.29) is 17.8 Å². The molecule has 1 unspecified atom stereocenters. The molecular weight excluding hydrogens is 278 g/mol. The van der Waals surface area contributed by atoms with Crippen molar-refractivity contribution in [3.63, 3.8) is 0 Å². The zero-order chi connectivity index (χ0) is 13.6. The molecule has 0 saturated carbocycles. The number of hydrogen-bond donors (Lipinski definition) is 1. The first-order valence-corrected chi connectivity index (χ1v) is 7.87. The Balaban J connectivity index is 2.08. The molecule has 6 nitrogen and oxygen atoms in total. The highest BCUT2D eigenvalue weighted by molar-refractivity contribution is 7.87. The van der Waals surface area contributed by atoms with Crippen molar-refractivity contribution in [1.82, 2.24) is 13.9 Å². The fraction of sp³-hybridized carbons (Fsp3) is 0.900. The number of rotatable bonds is 2. The molecular formula is C10H18ClN3O3S. The minimum absolute atomic E-state index is 0.0125. The predicted octanol–water partition coefficient (Wildman–Crippen LogP) is -0.388. The Kier molecular flexibility index (Phi) is 3.61. The summed E-state index contributed by atoms with van der Waals surface area (Å²) in [6, 6.07) is -0.154. The molecule has 2 aliphatic heterocycles. The Labute approximate surface area is 112 Å². The molecule has 2 aliphatic rings. The maximum atomic E-state index is 12.3. The van der Waals surface area contributed by atoms with Gasteiger partial charge in [-0.25, -0.2) is 4.72 Å². The Morgan fingerprint density at radius 2 is 2.11 bits per heavy atom. The monoisotopic (exact) mass is 295 g/mol. The summed E-state index contributed by atoms with van der Waals surface area (Å²) < 4.78 is 27.2. The van der Waals surface area contributed by atoms with Crippen LogP contribution in [0.2, 0.25) is 0 Å². The van der Waals surface area contributed by atoms with Gasteiger partial charge in [-0.05, 0) is 13.8 Å². The first kappa shape index (κ1) is 14.0. The van der Waals surface area contributed by atoms with Crippen LogP contribution in [0.25, 0.3) is 0 Å². The number of amides is 1. The number of alkyl halides is 1. The zero-order valence-electron chi connectivity index (χ0n) is 10.5. The molecule has 1 amide bonds. The van der Waals surface area contributed by atoms with Gasteiger partial charge < -0.3 is 4.90 Å². The van der Waals surface area contributed by atoms with Crippen LogP contribution in [0.5, 0.6) is 0 Å². The minimum Gasteiger partial charge on any atom is -0.339 e. The van der Waals surface area contributed by atoms with Gasteiger partial charge in [0.1, 0.15) is 0 Å². The van der Waals surface area contributed by atoms with Crippen molar-refractivity contribution in [1.29, 1.82) is 0 Å². The highest BCUT2D eigenvalue weighted by Crippen LogP contribution is 2.25. The second-order valence-electron chi connectivity index (χ2n) is 5.39. The molecule has 0 aliphatic carbocycles. The number of carbonyl (C=O) groups excluding carboxylic acids is 1. The van der Waals surface area contributed by atoms with Crippen LogP contribution < -0.4 is 4.72 Å². The van der Waals surface area contributed by atoms with Gasteiger partial charge in [0.2, 0.25) is 5.91 Å². The van der Waals surface area contributed by atoms with E-state index >= 15 is 0 Å². The number of piperazine rings is 1. The number of nitrogens with one attached hydrogen (secondary N) is 1. The summed E-state index contributed by atoms with van der Waals surface area (Å²) in [5, 5.41) is 0. The van der Waals surface area contributed by atoms with Crippen molar-refractivity contribution in [2.45, 2.75) is 19.9 Å². The average Bonchev–Trinajstić information content (AvgIpc) is 2.64. The van der Waals surface area contributed by atoms with Crippen LogP contribution in [-0.4, -0.2) is 61.6 Å². The molecule has 2 heterocycles. The largest absolute Gasteiger partial charge is 0.339 e. The molecule has 1 N–H and O–H groups in total. The summed E-state index contributed by atoms with van der Waals surface area (Å²) >= 11 is 5.80. The summed E-state index contributed by atoms with van der Waals surface area (Å²) in [4.78, 5) is 14.0. The lowest BCUT2D eigenvalue weighted by Crippen LogP contribution is -2.56. The normalized spacial score (nSPS) is 28.2. The molecule has 0 aromatic carbocycles. The van der Waals surface area contributed by atoms with Crippen LogP contribution >= 0.6 is 11.6 Å². The van der Waals surface area contributed by atoms with Crippen LogP contribution in [0, 0.1) is 5.41 Å². The average molecular weight is 296 g/mol. The zero-order valence-corrected chi connectivity index (χ0v) is 12.1. The highest BCUT2D eigenvalue weighted by atomic mass is 35.5. The molecule has 8 heteroatoms. The summed E-state index contributed by atoms with van der Waals surface area (Å²) in [5.74, 6) is 0.245. The third-order valence-electron chi connectivity index (χ3n) is 3.44. The standard InChI is InChI=1S/C10H18ClN3O3S/c1-10(2,7-11)9(15)13-3-4-14-8(6-13)5-12-18(14,16)17/h8,12H,3-7H2,1-2H3. The molecule has 0 aromatic rings. The van der Waals surface area contributed by atoms with E-state index in [9.17, 15) is 13.2 Å². The first-order chi connectivity index (χ1) is 8.28. The fourth-order valence-corrected chi connectivity index (χ4v) is 3.81. The molecule has 2 rings (SSSR count). The van der Waals surface area contributed by atoms with Gasteiger partial charge in [0.25, 0.3) is 10.2 Å². The Bertz CT molecular complexity index is 451. The van der Waals surface area contributed by atoms with E-state index in [1.165, 1.54) is 4.31 Å². The number of nitrogens with zero attached hydrogens (tertiary/aromatic N) is 2.